The Bertz CT molecular complexity index is 1230. The lowest BCUT2D eigenvalue weighted by Crippen LogP contribution is -2.24. The summed E-state index contributed by atoms with van der Waals surface area (Å²) in [5, 5.41) is 7.36. The molecule has 1 aliphatic heterocycles. The van der Waals surface area contributed by atoms with Gasteiger partial charge in [0.2, 0.25) is 0 Å². The lowest BCUT2D eigenvalue weighted by atomic mass is 10.1. The van der Waals surface area contributed by atoms with Gasteiger partial charge in [0.25, 0.3) is 6.08 Å². The van der Waals surface area contributed by atoms with Crippen LogP contribution in [0, 0.1) is 11.8 Å². The van der Waals surface area contributed by atoms with Gasteiger partial charge in [0.05, 0.1) is 12.2 Å². The highest BCUT2D eigenvalue weighted by atomic mass is 19.3. The van der Waals surface area contributed by atoms with E-state index < -0.39 is 11.8 Å². The zero-order chi connectivity index (χ0) is 20.4. The molecule has 0 saturated heterocycles. The van der Waals surface area contributed by atoms with E-state index in [2.05, 4.69) is 22.3 Å². The number of hydrogen-bond acceptors (Lipinski definition) is 5. The van der Waals surface area contributed by atoms with Gasteiger partial charge in [-0.1, -0.05) is 11.8 Å². The minimum Gasteiger partial charge on any atom is -0.490 e. The van der Waals surface area contributed by atoms with E-state index in [0.717, 1.165) is 28.2 Å². The van der Waals surface area contributed by atoms with E-state index in [0.29, 0.717) is 17.8 Å². The van der Waals surface area contributed by atoms with Gasteiger partial charge in [-0.2, -0.15) is 8.78 Å². The number of nitrogens with two attached hydrogens (primary N) is 1. The third kappa shape index (κ3) is 3.83. The Morgan fingerprint density at radius 2 is 2.03 bits per heavy atom. The summed E-state index contributed by atoms with van der Waals surface area (Å²) in [4.78, 5) is 12.3. The van der Waals surface area contributed by atoms with Crippen LogP contribution in [-0.2, 0) is 6.54 Å². The number of pyridine rings is 1. The predicted octanol–water partition coefficient (Wildman–Crippen LogP) is 1.81. The van der Waals surface area contributed by atoms with Crippen molar-refractivity contribution in [3.8, 4) is 17.6 Å². The molecule has 0 fully saturated rings. The molecule has 0 aliphatic carbocycles. The standard InChI is InChI=1S/C20H17F2N5O2/c21-19(22)15(11-23)12-27-20(28)26-7-5-14(10-18(26)25-27)2-1-13-3-4-17-16(9-13)24-6-8-29-17/h3-5,7,9-10,24H,6,8,11-12,23H2. The van der Waals surface area contributed by atoms with Crippen molar-refractivity contribution >= 4 is 11.3 Å². The molecule has 0 unspecified atom stereocenters. The zero-order valence-corrected chi connectivity index (χ0v) is 15.3. The van der Waals surface area contributed by atoms with Crippen molar-refractivity contribution in [1.82, 2.24) is 14.2 Å². The van der Waals surface area contributed by atoms with E-state index in [1.807, 2.05) is 18.2 Å². The van der Waals surface area contributed by atoms with Gasteiger partial charge in [0.1, 0.15) is 12.4 Å². The lowest BCUT2D eigenvalue weighted by molar-refractivity contribution is 0.323. The molecule has 0 saturated carbocycles. The first-order chi connectivity index (χ1) is 14.0. The lowest BCUT2D eigenvalue weighted by Gasteiger charge is -2.18. The molecule has 0 radical (unpaired) electrons. The Morgan fingerprint density at radius 3 is 2.79 bits per heavy atom. The Labute approximate surface area is 164 Å². The molecule has 4 rings (SSSR count). The van der Waals surface area contributed by atoms with Crippen molar-refractivity contribution < 1.29 is 13.5 Å². The first kappa shape index (κ1) is 18.7. The number of fused-ring (bicyclic) bond motifs is 2. The fourth-order valence-electron chi connectivity index (χ4n) is 2.94. The highest BCUT2D eigenvalue weighted by molar-refractivity contribution is 5.62. The molecule has 0 atom stereocenters. The number of hydrogen-bond donors (Lipinski definition) is 2. The van der Waals surface area contributed by atoms with Gasteiger partial charge in [-0.05, 0) is 30.3 Å². The fraction of sp³-hybridized carbons (Fsp3) is 0.200. The van der Waals surface area contributed by atoms with Crippen molar-refractivity contribution in [3.05, 3.63) is 69.8 Å². The second-order valence-electron chi connectivity index (χ2n) is 6.39. The number of aromatic nitrogens is 3. The van der Waals surface area contributed by atoms with Crippen molar-refractivity contribution in [2.75, 3.05) is 25.0 Å². The minimum absolute atomic E-state index is 0.318. The van der Waals surface area contributed by atoms with Crippen LogP contribution in [0.1, 0.15) is 11.1 Å². The molecule has 148 valence electrons. The van der Waals surface area contributed by atoms with Crippen LogP contribution >= 0.6 is 0 Å². The number of benzene rings is 1. The van der Waals surface area contributed by atoms with Crippen LogP contribution < -0.4 is 21.5 Å². The molecular weight excluding hydrogens is 380 g/mol. The van der Waals surface area contributed by atoms with Crippen molar-refractivity contribution in [2.45, 2.75) is 6.54 Å². The largest absolute Gasteiger partial charge is 0.490 e. The van der Waals surface area contributed by atoms with Crippen LogP contribution in [0.2, 0.25) is 0 Å². The molecule has 1 aromatic carbocycles. The molecule has 0 amide bonds. The first-order valence-electron chi connectivity index (χ1n) is 8.90. The Kier molecular flexibility index (Phi) is 5.01. The summed E-state index contributed by atoms with van der Waals surface area (Å²) in [6, 6.07) is 8.93. The number of nitrogens with zero attached hydrogens (tertiary/aromatic N) is 3. The first-order valence-corrected chi connectivity index (χ1v) is 8.90. The molecule has 3 N–H and O–H groups in total. The van der Waals surface area contributed by atoms with E-state index in [1.165, 1.54) is 10.6 Å². The number of rotatable bonds is 3. The minimum atomic E-state index is -1.90. The smallest absolute Gasteiger partial charge is 0.350 e. The van der Waals surface area contributed by atoms with Gasteiger partial charge < -0.3 is 15.8 Å². The van der Waals surface area contributed by atoms with Gasteiger partial charge in [-0.25, -0.2) is 9.48 Å². The SMILES string of the molecule is NCC(Cn1nc2cc(C#Cc3ccc4c(c3)NCCO4)ccn2c1=O)=C(F)F. The summed E-state index contributed by atoms with van der Waals surface area (Å²) >= 11 is 0. The van der Waals surface area contributed by atoms with Crippen molar-refractivity contribution in [2.24, 2.45) is 5.73 Å². The molecule has 3 aromatic rings. The quantitative estimate of drug-likeness (QED) is 0.659. The topological polar surface area (TPSA) is 86.6 Å². The van der Waals surface area contributed by atoms with Crippen LogP contribution in [0.3, 0.4) is 0 Å². The summed E-state index contributed by atoms with van der Waals surface area (Å²) in [5.41, 5.74) is 7.12. The number of anilines is 1. The Morgan fingerprint density at radius 1 is 1.24 bits per heavy atom. The Balaban J connectivity index is 1.63. The maximum atomic E-state index is 12.8. The molecule has 9 heteroatoms. The van der Waals surface area contributed by atoms with Gasteiger partial charge >= 0.3 is 5.69 Å². The van der Waals surface area contributed by atoms with Crippen LogP contribution in [0.4, 0.5) is 14.5 Å². The number of nitrogens with one attached hydrogen (secondary N) is 1. The summed E-state index contributed by atoms with van der Waals surface area (Å²) in [6.45, 7) is 0.667. The monoisotopic (exact) mass is 397 g/mol. The predicted molar refractivity (Wildman–Crippen MR) is 104 cm³/mol. The van der Waals surface area contributed by atoms with E-state index >= 15 is 0 Å². The average molecular weight is 397 g/mol. The van der Waals surface area contributed by atoms with E-state index in [-0.39, 0.29) is 18.7 Å². The molecule has 2 aromatic heterocycles. The summed E-state index contributed by atoms with van der Waals surface area (Å²) in [7, 11) is 0. The van der Waals surface area contributed by atoms with E-state index in [9.17, 15) is 13.6 Å². The van der Waals surface area contributed by atoms with E-state index in [4.69, 9.17) is 10.5 Å². The van der Waals surface area contributed by atoms with Crippen LogP contribution in [0.5, 0.6) is 5.75 Å². The second-order valence-corrected chi connectivity index (χ2v) is 6.39. The normalized spacial score (nSPS) is 12.4. The molecular formula is C20H17F2N5O2. The molecule has 29 heavy (non-hydrogen) atoms. The van der Waals surface area contributed by atoms with Gasteiger partial charge in [-0.15, -0.1) is 5.10 Å². The average Bonchev–Trinajstić information content (AvgIpc) is 3.04. The summed E-state index contributed by atoms with van der Waals surface area (Å²) in [6.07, 6.45) is -0.376. The Hall–Kier alpha value is -3.64. The zero-order valence-electron chi connectivity index (χ0n) is 15.3. The van der Waals surface area contributed by atoms with Crippen LogP contribution in [0.25, 0.3) is 5.65 Å². The van der Waals surface area contributed by atoms with Crippen molar-refractivity contribution in [1.29, 1.82) is 0 Å². The number of ether oxygens (including phenoxy) is 1. The molecule has 3 heterocycles. The molecule has 0 bridgehead atoms. The van der Waals surface area contributed by atoms with Gasteiger partial charge in [-0.3, -0.25) is 4.40 Å². The molecule has 7 nitrogen and oxygen atoms in total. The molecule has 1 aliphatic rings. The summed E-state index contributed by atoms with van der Waals surface area (Å²) < 4.78 is 33.4. The molecule has 0 spiro atoms. The highest BCUT2D eigenvalue weighted by Gasteiger charge is 2.12. The van der Waals surface area contributed by atoms with Gasteiger partial charge in [0.15, 0.2) is 5.65 Å². The van der Waals surface area contributed by atoms with Crippen LogP contribution in [-0.4, -0.2) is 33.9 Å². The third-order valence-electron chi connectivity index (χ3n) is 4.44. The van der Waals surface area contributed by atoms with Crippen molar-refractivity contribution in [3.63, 3.8) is 0 Å². The third-order valence-corrected chi connectivity index (χ3v) is 4.44. The van der Waals surface area contributed by atoms with Crippen LogP contribution in [0.15, 0.2) is 53.0 Å². The van der Waals surface area contributed by atoms with E-state index in [1.54, 1.807) is 12.1 Å². The summed E-state index contributed by atoms with van der Waals surface area (Å²) in [5.74, 6) is 6.88. The maximum Gasteiger partial charge on any atom is 0.350 e. The maximum absolute atomic E-state index is 12.8. The van der Waals surface area contributed by atoms with Gasteiger partial charge in [0, 0.05) is 36.0 Å². The second kappa shape index (κ2) is 7.77. The highest BCUT2D eigenvalue weighted by Crippen LogP contribution is 2.27. The fourth-order valence-corrected chi connectivity index (χ4v) is 2.94. The number of halogens is 2.